The third kappa shape index (κ3) is 19.1. The summed E-state index contributed by atoms with van der Waals surface area (Å²) in [5.41, 5.74) is 6.91. The van der Waals surface area contributed by atoms with E-state index in [1.807, 2.05) is 110 Å². The van der Waals surface area contributed by atoms with Gasteiger partial charge in [-0.1, -0.05) is 91.0 Å². The molecule has 1 aliphatic heterocycles. The Balaban J connectivity index is 0.000000706. The summed E-state index contributed by atoms with van der Waals surface area (Å²) >= 11 is 0. The minimum Gasteiger partial charge on any atom is -0.506 e. The number of aliphatic carboxylic acids is 2. The van der Waals surface area contributed by atoms with E-state index >= 15 is 0 Å². The lowest BCUT2D eigenvalue weighted by atomic mass is 10.0. The van der Waals surface area contributed by atoms with E-state index in [-0.39, 0.29) is 48.2 Å². The Kier molecular flexibility index (Phi) is 21.9. The summed E-state index contributed by atoms with van der Waals surface area (Å²) in [6.45, 7) is 4.80. The summed E-state index contributed by atoms with van der Waals surface area (Å²) in [7, 11) is 1.76. The second kappa shape index (κ2) is 28.2. The first kappa shape index (κ1) is 60.6. The minimum absolute atomic E-state index is 0.00399. The van der Waals surface area contributed by atoms with Crippen LogP contribution in [-0.2, 0) is 43.3 Å². The van der Waals surface area contributed by atoms with E-state index in [4.69, 9.17) is 24.5 Å². The first-order chi connectivity index (χ1) is 36.9. The zero-order valence-electron chi connectivity index (χ0n) is 42.2. The van der Waals surface area contributed by atoms with Gasteiger partial charge in [0.15, 0.2) is 0 Å². The number of hydrogen-bond acceptors (Lipinski definition) is 11. The summed E-state index contributed by atoms with van der Waals surface area (Å²) in [5, 5.41) is 45.2. The maximum absolute atomic E-state index is 13.1. The number of carboxylic acids is 2. The average molecular weight is 1090 g/mol. The summed E-state index contributed by atoms with van der Waals surface area (Å²) < 4.78 is 69.2. The third-order valence-corrected chi connectivity index (χ3v) is 12.2. The molecular formula is C55H58F6N6O11. The number of phenolic OH excluding ortho intramolecular Hbond substituents is 1. The molecule has 1 aromatic heterocycles. The number of likely N-dealkylation sites (tertiary alicyclic amines) is 1. The lowest BCUT2D eigenvalue weighted by molar-refractivity contribution is -0.193. The molecule has 1 unspecified atom stereocenters. The Morgan fingerprint density at radius 2 is 1.35 bits per heavy atom. The molecule has 2 atom stereocenters. The molecule has 0 bridgehead atoms. The number of carbonyl (C=O) groups excluding carboxylic acids is 3. The molecule has 23 heteroatoms. The van der Waals surface area contributed by atoms with Gasteiger partial charge in [-0.3, -0.25) is 19.7 Å². The third-order valence-electron chi connectivity index (χ3n) is 12.2. The monoisotopic (exact) mass is 1090 g/mol. The van der Waals surface area contributed by atoms with E-state index in [0.29, 0.717) is 54.5 Å². The fraction of sp³-hybridized carbons (Fsp3) is 0.309. The van der Waals surface area contributed by atoms with Crippen LogP contribution in [0.1, 0.15) is 54.5 Å². The van der Waals surface area contributed by atoms with Crippen molar-refractivity contribution >= 4 is 52.1 Å². The number of ether oxygens (including phenoxy) is 1. The van der Waals surface area contributed by atoms with E-state index in [0.717, 1.165) is 53.0 Å². The number of amides is 3. The molecule has 0 aliphatic carbocycles. The molecule has 8 N–H and O–H groups in total. The summed E-state index contributed by atoms with van der Waals surface area (Å²) in [6, 6.07) is 39.3. The number of para-hydroxylation sites is 1. The van der Waals surface area contributed by atoms with Gasteiger partial charge in [0.25, 0.3) is 0 Å². The number of hydrogen-bond donors (Lipinski definition) is 8. The van der Waals surface area contributed by atoms with Crippen molar-refractivity contribution in [3.8, 4) is 16.9 Å². The normalized spacial score (nSPS) is 13.6. The topological polar surface area (TPSA) is 251 Å². The highest BCUT2D eigenvalue weighted by molar-refractivity contribution is 5.93. The van der Waals surface area contributed by atoms with Gasteiger partial charge in [-0.05, 0) is 84.3 Å². The Labute approximate surface area is 443 Å². The molecule has 1 aliphatic rings. The van der Waals surface area contributed by atoms with Crippen molar-refractivity contribution in [1.29, 1.82) is 0 Å². The van der Waals surface area contributed by atoms with Crippen LogP contribution in [0.2, 0.25) is 0 Å². The molecule has 416 valence electrons. The largest absolute Gasteiger partial charge is 0.506 e. The predicted molar refractivity (Wildman–Crippen MR) is 278 cm³/mol. The number of halogens is 6. The Morgan fingerprint density at radius 3 is 1.96 bits per heavy atom. The van der Waals surface area contributed by atoms with Crippen molar-refractivity contribution in [2.24, 2.45) is 0 Å². The molecule has 78 heavy (non-hydrogen) atoms. The smallest absolute Gasteiger partial charge is 0.490 e. The molecule has 1 saturated heterocycles. The molecule has 6 aromatic rings. The van der Waals surface area contributed by atoms with Gasteiger partial charge in [-0.25, -0.2) is 14.4 Å². The zero-order valence-corrected chi connectivity index (χ0v) is 42.2. The number of aliphatic hydroxyl groups is 1. The van der Waals surface area contributed by atoms with Gasteiger partial charge in [-0.2, -0.15) is 26.3 Å². The second-order valence-electron chi connectivity index (χ2n) is 18.0. The maximum atomic E-state index is 13.1. The lowest BCUT2D eigenvalue weighted by Gasteiger charge is -2.31. The van der Waals surface area contributed by atoms with Gasteiger partial charge < -0.3 is 50.6 Å². The number of aromatic hydroxyl groups is 1. The van der Waals surface area contributed by atoms with Crippen LogP contribution in [-0.4, -0.2) is 118 Å². The van der Waals surface area contributed by atoms with Crippen molar-refractivity contribution < 1.29 is 75.5 Å². The molecule has 7 rings (SSSR count). The number of benzene rings is 5. The van der Waals surface area contributed by atoms with Crippen LogP contribution < -0.4 is 26.4 Å². The van der Waals surface area contributed by atoms with Crippen LogP contribution in [0.15, 0.2) is 132 Å². The number of nitrogens with one attached hydrogen (secondary N) is 4. The first-order valence-corrected chi connectivity index (χ1v) is 24.3. The number of carboxylic acid groups (broad SMARTS) is 2. The standard InChI is InChI=1S/C51H56N6O7.2C2HF3O2/c1-34(52-33-46(59)42-20-22-45(58)50-43(42)21-23-47(60)55-50)30-35-12-14-37(15-13-35)32-53-48(61)31-36-16-18-39(19-17-36)56(2)49(62)26-29-57-27-24-40(25-28-57)64-51(63)54-44-11-7-6-10-41(44)38-8-4-3-5-9-38;2*3-2(4,5)1(6)7/h3-23,34,40,46,52,58-59H,24-33H2,1-2H3,(H,53,61)(H,54,63)(H,55,60);2*(H,6,7)/t34?,46-;;/m0../s1. The number of fused-ring (bicyclic) bond motifs is 1. The van der Waals surface area contributed by atoms with Crippen LogP contribution in [0.5, 0.6) is 5.75 Å². The van der Waals surface area contributed by atoms with Crippen LogP contribution in [0.25, 0.3) is 22.0 Å². The van der Waals surface area contributed by atoms with Gasteiger partial charge in [0.1, 0.15) is 11.9 Å². The van der Waals surface area contributed by atoms with Gasteiger partial charge in [0.05, 0.1) is 23.7 Å². The fourth-order valence-electron chi connectivity index (χ4n) is 8.05. The van der Waals surface area contributed by atoms with E-state index in [2.05, 4.69) is 25.8 Å². The maximum Gasteiger partial charge on any atom is 0.490 e. The van der Waals surface area contributed by atoms with Gasteiger partial charge in [0, 0.05) is 74.9 Å². The number of piperidine rings is 1. The molecule has 0 radical (unpaired) electrons. The van der Waals surface area contributed by atoms with E-state index in [9.17, 15) is 55.7 Å². The van der Waals surface area contributed by atoms with Gasteiger partial charge >= 0.3 is 30.4 Å². The molecule has 5 aromatic carbocycles. The summed E-state index contributed by atoms with van der Waals surface area (Å²) in [6.07, 6.45) is -8.98. The molecule has 17 nitrogen and oxygen atoms in total. The Bertz CT molecular complexity index is 3000. The van der Waals surface area contributed by atoms with Crippen molar-refractivity contribution in [3.05, 3.63) is 160 Å². The number of carbonyl (C=O) groups is 5. The Morgan fingerprint density at radius 1 is 0.769 bits per heavy atom. The number of alkyl halides is 6. The number of anilines is 2. The molecule has 1 fully saturated rings. The van der Waals surface area contributed by atoms with Crippen molar-refractivity contribution in [3.63, 3.8) is 0 Å². The van der Waals surface area contributed by atoms with Crippen LogP contribution in [0, 0.1) is 0 Å². The lowest BCUT2D eigenvalue weighted by Crippen LogP contribution is -2.40. The number of aromatic amines is 1. The second-order valence-corrected chi connectivity index (χ2v) is 18.0. The number of aliphatic hydroxyl groups excluding tert-OH is 1. The molecular weight excluding hydrogens is 1030 g/mol. The fourth-order valence-corrected chi connectivity index (χ4v) is 8.05. The highest BCUT2D eigenvalue weighted by atomic mass is 19.4. The number of aromatic nitrogens is 1. The predicted octanol–water partition coefficient (Wildman–Crippen LogP) is 8.35. The van der Waals surface area contributed by atoms with Crippen molar-refractivity contribution in [2.45, 2.75) is 76.2 Å². The first-order valence-electron chi connectivity index (χ1n) is 24.3. The molecule has 2 heterocycles. The quantitative estimate of drug-likeness (QED) is 0.0401. The van der Waals surface area contributed by atoms with Gasteiger partial charge in [-0.15, -0.1) is 0 Å². The van der Waals surface area contributed by atoms with E-state index < -0.39 is 36.5 Å². The van der Waals surface area contributed by atoms with E-state index in [1.165, 1.54) is 12.1 Å². The Hall–Kier alpha value is -8.28. The number of H-pyrrole nitrogens is 1. The number of pyridine rings is 1. The summed E-state index contributed by atoms with van der Waals surface area (Å²) in [4.78, 5) is 74.8. The van der Waals surface area contributed by atoms with Crippen LogP contribution in [0.3, 0.4) is 0 Å². The van der Waals surface area contributed by atoms with Gasteiger partial charge in [0.2, 0.25) is 17.4 Å². The van der Waals surface area contributed by atoms with E-state index in [1.54, 1.807) is 24.1 Å². The highest BCUT2D eigenvalue weighted by Crippen LogP contribution is 2.30. The summed E-state index contributed by atoms with van der Waals surface area (Å²) in [5.74, 6) is -5.67. The highest BCUT2D eigenvalue weighted by Gasteiger charge is 2.39. The van der Waals surface area contributed by atoms with Crippen molar-refractivity contribution in [1.82, 2.24) is 20.5 Å². The SMILES string of the molecule is CC(Cc1ccc(CNC(=O)Cc2ccc(N(C)C(=O)CCN3CCC(OC(=O)Nc4ccccc4-c4ccccc4)CC3)cc2)cc1)NC[C@H](O)c1ccc(O)c2[nH]c(=O)ccc12.O=C(O)C(F)(F)F.O=C(O)C(F)(F)F. The zero-order chi connectivity index (χ0) is 57.2. The molecule has 0 spiro atoms. The van der Waals surface area contributed by atoms with Crippen molar-refractivity contribution in [2.75, 3.05) is 43.4 Å². The molecule has 0 saturated carbocycles. The van der Waals surface area contributed by atoms with Crippen LogP contribution >= 0.6 is 0 Å². The minimum atomic E-state index is -5.08. The number of phenols is 1. The number of rotatable bonds is 17. The molecule has 3 amide bonds. The van der Waals surface area contributed by atoms with Crippen LogP contribution in [0.4, 0.5) is 42.5 Å². The number of nitrogens with zero attached hydrogens (tertiary/aromatic N) is 2. The average Bonchev–Trinajstić information content (AvgIpc) is 3.40.